The maximum absolute atomic E-state index is 13.4. The average Bonchev–Trinajstić information content (AvgIpc) is 3.54. The van der Waals surface area contributed by atoms with E-state index >= 15 is 0 Å². The fourth-order valence-electron chi connectivity index (χ4n) is 5.23. The van der Waals surface area contributed by atoms with Crippen LogP contribution in [0.1, 0.15) is 19.8 Å². The summed E-state index contributed by atoms with van der Waals surface area (Å²) >= 11 is 0. The molecule has 35 heavy (non-hydrogen) atoms. The lowest BCUT2D eigenvalue weighted by Gasteiger charge is -2.43. The van der Waals surface area contributed by atoms with Crippen molar-refractivity contribution in [3.8, 4) is 5.75 Å². The Hall–Kier alpha value is -3.34. The van der Waals surface area contributed by atoms with Crippen LogP contribution in [0.5, 0.6) is 5.75 Å². The molecule has 0 unspecified atom stereocenters. The number of benzene rings is 1. The number of fused-ring (bicyclic) bond motifs is 1. The molecule has 0 spiro atoms. The highest BCUT2D eigenvalue weighted by molar-refractivity contribution is 7.92. The Balaban J connectivity index is 1.29. The third kappa shape index (κ3) is 4.29. The fourth-order valence-corrected chi connectivity index (χ4v) is 6.96. The van der Waals surface area contributed by atoms with Gasteiger partial charge in [-0.1, -0.05) is 13.0 Å². The number of anilines is 1. The molecule has 0 radical (unpaired) electrons. The van der Waals surface area contributed by atoms with Gasteiger partial charge in [-0.05, 0) is 43.0 Å². The lowest BCUT2D eigenvalue weighted by Crippen LogP contribution is -2.55. The molecule has 0 bridgehead atoms. The van der Waals surface area contributed by atoms with Crippen molar-refractivity contribution in [3.63, 3.8) is 0 Å². The molecule has 1 aromatic carbocycles. The molecular formula is C24H30N6O4S. The topological polar surface area (TPSA) is 123 Å². The van der Waals surface area contributed by atoms with Crippen LogP contribution >= 0.6 is 0 Å². The van der Waals surface area contributed by atoms with E-state index in [1.165, 1.54) is 24.3 Å². The van der Waals surface area contributed by atoms with Gasteiger partial charge < -0.3 is 24.8 Å². The first-order chi connectivity index (χ1) is 16.8. The highest BCUT2D eigenvalue weighted by Gasteiger charge is 2.40. The van der Waals surface area contributed by atoms with E-state index in [0.717, 1.165) is 23.3 Å². The molecule has 10 nitrogen and oxygen atoms in total. The molecule has 2 aromatic heterocycles. The Morgan fingerprint density at radius 2 is 1.91 bits per heavy atom. The molecule has 3 atom stereocenters. The Morgan fingerprint density at radius 3 is 2.71 bits per heavy atom. The van der Waals surface area contributed by atoms with E-state index in [1.54, 1.807) is 11.2 Å². The summed E-state index contributed by atoms with van der Waals surface area (Å²) in [7, 11) is -1.64. The van der Waals surface area contributed by atoms with Gasteiger partial charge in [0.05, 0.1) is 21.6 Å². The van der Waals surface area contributed by atoms with Crippen LogP contribution < -0.4 is 4.90 Å². The van der Waals surface area contributed by atoms with Crippen LogP contribution in [-0.2, 0) is 9.84 Å². The number of sulfone groups is 1. The van der Waals surface area contributed by atoms with Crippen molar-refractivity contribution in [1.29, 1.82) is 0 Å². The molecule has 0 aliphatic carbocycles. The molecular weight excluding hydrogens is 468 g/mol. The van der Waals surface area contributed by atoms with E-state index in [0.29, 0.717) is 32.0 Å². The van der Waals surface area contributed by atoms with Crippen molar-refractivity contribution < 1.29 is 18.3 Å². The monoisotopic (exact) mass is 498 g/mol. The van der Waals surface area contributed by atoms with Crippen molar-refractivity contribution in [2.24, 2.45) is 5.92 Å². The number of phenolic OH excluding ortho intramolecular Hbond substituents is 1. The summed E-state index contributed by atoms with van der Waals surface area (Å²) in [6, 6.07) is 7.60. The zero-order chi connectivity index (χ0) is 24.7. The SMILES string of the molecule is C[C@@H]1CCN(C(=O)N2CC[C@@H](S(=O)(=O)c3cccc(O)c3)C2)C[C@@H]1N(C)c1ncnc2[nH]ccc12. The van der Waals surface area contributed by atoms with Gasteiger partial charge in [0.15, 0.2) is 9.84 Å². The molecule has 2 aliphatic heterocycles. The lowest BCUT2D eigenvalue weighted by molar-refractivity contribution is 0.133. The minimum absolute atomic E-state index is 0.0649. The number of urea groups is 1. The average molecular weight is 499 g/mol. The van der Waals surface area contributed by atoms with Gasteiger partial charge in [-0.3, -0.25) is 0 Å². The van der Waals surface area contributed by atoms with Crippen LogP contribution in [-0.4, -0.2) is 88.8 Å². The lowest BCUT2D eigenvalue weighted by atomic mass is 9.92. The maximum atomic E-state index is 13.4. The second kappa shape index (κ2) is 9.03. The number of rotatable bonds is 4. The van der Waals surface area contributed by atoms with Gasteiger partial charge in [0.2, 0.25) is 0 Å². The van der Waals surface area contributed by atoms with E-state index in [-0.39, 0.29) is 29.3 Å². The molecule has 4 heterocycles. The number of likely N-dealkylation sites (N-methyl/N-ethyl adjacent to an activating group) is 1. The van der Waals surface area contributed by atoms with Crippen molar-refractivity contribution in [3.05, 3.63) is 42.9 Å². The summed E-state index contributed by atoms with van der Waals surface area (Å²) in [5, 5.41) is 9.95. The van der Waals surface area contributed by atoms with Crippen LogP contribution in [0, 0.1) is 5.92 Å². The molecule has 2 saturated heterocycles. The number of nitrogens with one attached hydrogen (secondary N) is 1. The van der Waals surface area contributed by atoms with Crippen molar-refractivity contribution in [1.82, 2.24) is 24.8 Å². The number of aromatic hydroxyl groups is 1. The zero-order valence-corrected chi connectivity index (χ0v) is 20.6. The number of phenols is 1. The first-order valence-electron chi connectivity index (χ1n) is 11.8. The van der Waals surface area contributed by atoms with Gasteiger partial charge in [-0.25, -0.2) is 23.2 Å². The van der Waals surface area contributed by atoms with Crippen molar-refractivity contribution in [2.75, 3.05) is 38.1 Å². The van der Waals surface area contributed by atoms with Crippen LogP contribution in [0.15, 0.2) is 47.8 Å². The third-order valence-corrected chi connectivity index (χ3v) is 9.53. The Kier molecular flexibility index (Phi) is 6.04. The maximum Gasteiger partial charge on any atom is 0.320 e. The number of aromatic amines is 1. The number of aromatic nitrogens is 3. The molecule has 2 N–H and O–H groups in total. The van der Waals surface area contributed by atoms with Crippen LogP contribution in [0.4, 0.5) is 10.6 Å². The second-order valence-electron chi connectivity index (χ2n) is 9.51. The minimum atomic E-state index is -3.64. The zero-order valence-electron chi connectivity index (χ0n) is 19.8. The molecule has 5 rings (SSSR count). The number of carbonyl (C=O) groups is 1. The Bertz CT molecular complexity index is 1340. The first-order valence-corrected chi connectivity index (χ1v) is 13.4. The number of likely N-dealkylation sites (tertiary alicyclic amines) is 2. The molecule has 2 aliphatic rings. The van der Waals surface area contributed by atoms with Gasteiger partial charge in [0.25, 0.3) is 0 Å². The summed E-state index contributed by atoms with van der Waals surface area (Å²) < 4.78 is 26.1. The predicted octanol–water partition coefficient (Wildman–Crippen LogP) is 2.48. The first kappa shape index (κ1) is 23.4. The highest BCUT2D eigenvalue weighted by atomic mass is 32.2. The molecule has 3 aromatic rings. The Morgan fingerprint density at radius 1 is 1.14 bits per heavy atom. The quantitative estimate of drug-likeness (QED) is 0.567. The van der Waals surface area contributed by atoms with Crippen molar-refractivity contribution >= 4 is 32.7 Å². The third-order valence-electron chi connectivity index (χ3n) is 7.35. The number of carbonyl (C=O) groups excluding carboxylic acids is 1. The standard InChI is InChI=1S/C24H30N6O4S/c1-16-7-10-30(14-21(16)28(2)23-20-6-9-25-22(20)26-15-27-23)24(32)29-11-8-19(13-29)35(33,34)18-5-3-4-17(31)12-18/h3-6,9,12,15-16,19,21,31H,7-8,10-11,13-14H2,1-2H3,(H,25,26,27)/t16-,19-,21+/m1/s1. The summed E-state index contributed by atoms with van der Waals surface area (Å²) in [6.45, 7) is 3.90. The number of piperidine rings is 1. The van der Waals surface area contributed by atoms with E-state index < -0.39 is 15.1 Å². The van der Waals surface area contributed by atoms with Gasteiger partial charge in [-0.2, -0.15) is 0 Å². The van der Waals surface area contributed by atoms with Gasteiger partial charge >= 0.3 is 6.03 Å². The fraction of sp³-hybridized carbons (Fsp3) is 0.458. The number of nitrogens with zero attached hydrogens (tertiary/aromatic N) is 5. The molecule has 186 valence electrons. The van der Waals surface area contributed by atoms with Crippen molar-refractivity contribution in [2.45, 2.75) is 36.0 Å². The Labute approximate surface area is 204 Å². The smallest absolute Gasteiger partial charge is 0.320 e. The summed E-state index contributed by atoms with van der Waals surface area (Å²) in [4.78, 5) is 31.0. The van der Waals surface area contributed by atoms with Gasteiger partial charge in [-0.15, -0.1) is 0 Å². The van der Waals surface area contributed by atoms with E-state index in [9.17, 15) is 18.3 Å². The van der Waals surface area contributed by atoms with Gasteiger partial charge in [0.1, 0.15) is 23.5 Å². The highest BCUT2D eigenvalue weighted by Crippen LogP contribution is 2.31. The van der Waals surface area contributed by atoms with Crippen LogP contribution in [0.3, 0.4) is 0 Å². The number of hydrogen-bond acceptors (Lipinski definition) is 7. The second-order valence-corrected chi connectivity index (χ2v) is 11.7. The number of hydrogen-bond donors (Lipinski definition) is 2. The molecule has 2 amide bonds. The molecule has 11 heteroatoms. The summed E-state index contributed by atoms with van der Waals surface area (Å²) in [6.07, 6.45) is 4.61. The van der Waals surface area contributed by atoms with E-state index in [2.05, 4.69) is 26.8 Å². The van der Waals surface area contributed by atoms with E-state index in [4.69, 9.17) is 0 Å². The van der Waals surface area contributed by atoms with Gasteiger partial charge in [0, 0.05) is 39.4 Å². The molecule has 2 fully saturated rings. The number of amides is 2. The normalized spacial score (nSPS) is 23.1. The predicted molar refractivity (Wildman–Crippen MR) is 132 cm³/mol. The van der Waals surface area contributed by atoms with Crippen LogP contribution in [0.25, 0.3) is 11.0 Å². The largest absolute Gasteiger partial charge is 0.508 e. The van der Waals surface area contributed by atoms with Crippen LogP contribution in [0.2, 0.25) is 0 Å². The summed E-state index contributed by atoms with van der Waals surface area (Å²) in [5.41, 5.74) is 0.772. The minimum Gasteiger partial charge on any atom is -0.508 e. The summed E-state index contributed by atoms with van der Waals surface area (Å²) in [5.74, 6) is 1.08. The number of H-pyrrole nitrogens is 1. The van der Waals surface area contributed by atoms with E-state index in [1.807, 2.05) is 24.2 Å². The molecule has 0 saturated carbocycles.